The van der Waals surface area contributed by atoms with Crippen molar-refractivity contribution in [3.63, 3.8) is 0 Å². The van der Waals surface area contributed by atoms with Crippen molar-refractivity contribution in [2.24, 2.45) is 23.7 Å². The van der Waals surface area contributed by atoms with E-state index in [-0.39, 0.29) is 25.7 Å². The summed E-state index contributed by atoms with van der Waals surface area (Å²) in [6.07, 6.45) is 45.7. The maximum absolute atomic E-state index is 13.1. The predicted molar refractivity (Wildman–Crippen MR) is 372 cm³/mol. The topological polar surface area (TPSA) is 237 Å². The van der Waals surface area contributed by atoms with Gasteiger partial charge >= 0.3 is 39.5 Å². The van der Waals surface area contributed by atoms with Gasteiger partial charge in [-0.3, -0.25) is 37.3 Å². The third-order valence-electron chi connectivity index (χ3n) is 17.5. The van der Waals surface area contributed by atoms with Gasteiger partial charge in [-0.15, -0.1) is 0 Å². The van der Waals surface area contributed by atoms with Crippen LogP contribution in [0.3, 0.4) is 0 Å². The summed E-state index contributed by atoms with van der Waals surface area (Å²) in [7, 11) is -9.91. The van der Waals surface area contributed by atoms with Crippen molar-refractivity contribution in [3.05, 3.63) is 0 Å². The van der Waals surface area contributed by atoms with Crippen LogP contribution in [0.5, 0.6) is 0 Å². The summed E-state index contributed by atoms with van der Waals surface area (Å²) < 4.78 is 68.4. The Morgan fingerprint density at radius 2 is 0.522 bits per heavy atom. The van der Waals surface area contributed by atoms with Crippen LogP contribution in [0.15, 0.2) is 0 Å². The van der Waals surface area contributed by atoms with Crippen molar-refractivity contribution in [2.75, 3.05) is 39.6 Å². The number of esters is 4. The van der Waals surface area contributed by atoms with Crippen LogP contribution in [0.2, 0.25) is 0 Å². The molecule has 3 N–H and O–H groups in total. The normalized spacial score (nSPS) is 14.8. The van der Waals surface area contributed by atoms with Gasteiger partial charge in [-0.2, -0.15) is 0 Å². The number of hydrogen-bond acceptors (Lipinski definition) is 15. The zero-order valence-corrected chi connectivity index (χ0v) is 62.0. The summed E-state index contributed by atoms with van der Waals surface area (Å²) >= 11 is 0. The molecule has 0 bridgehead atoms. The van der Waals surface area contributed by atoms with Gasteiger partial charge in [0.05, 0.1) is 26.4 Å². The zero-order valence-electron chi connectivity index (χ0n) is 60.2. The second kappa shape index (κ2) is 62.6. The van der Waals surface area contributed by atoms with E-state index in [1.165, 1.54) is 161 Å². The lowest BCUT2D eigenvalue weighted by Crippen LogP contribution is -2.30. The molecule has 0 aliphatic heterocycles. The molecular weight excluding hydrogens is 1210 g/mol. The van der Waals surface area contributed by atoms with Gasteiger partial charge in [-0.05, 0) is 49.4 Å². The fraction of sp³-hybridized carbons (Fsp3) is 0.945. The first-order valence-corrected chi connectivity index (χ1v) is 40.8. The molecule has 0 amide bonds. The van der Waals surface area contributed by atoms with Gasteiger partial charge in [-0.25, -0.2) is 9.13 Å². The molecule has 0 spiro atoms. The molecule has 0 aromatic rings. The number of hydrogen-bond donors (Lipinski definition) is 3. The van der Waals surface area contributed by atoms with E-state index in [0.717, 1.165) is 114 Å². The fourth-order valence-corrected chi connectivity index (χ4v) is 12.5. The zero-order chi connectivity index (χ0) is 68.2. The van der Waals surface area contributed by atoms with E-state index in [2.05, 4.69) is 55.4 Å². The number of rotatable bonds is 70. The lowest BCUT2D eigenvalue weighted by Gasteiger charge is -2.21. The minimum atomic E-state index is -4.96. The largest absolute Gasteiger partial charge is 0.472 e. The van der Waals surface area contributed by atoms with E-state index in [9.17, 15) is 43.2 Å². The highest BCUT2D eigenvalue weighted by molar-refractivity contribution is 7.47. The minimum absolute atomic E-state index is 0.105. The van der Waals surface area contributed by atoms with Crippen LogP contribution >= 0.6 is 15.6 Å². The lowest BCUT2D eigenvalue weighted by molar-refractivity contribution is -0.161. The Morgan fingerprint density at radius 3 is 0.772 bits per heavy atom. The van der Waals surface area contributed by atoms with Crippen LogP contribution in [-0.2, 0) is 65.4 Å². The second-order valence-electron chi connectivity index (χ2n) is 27.8. The highest BCUT2D eigenvalue weighted by Crippen LogP contribution is 2.45. The van der Waals surface area contributed by atoms with Crippen LogP contribution in [-0.4, -0.2) is 96.7 Å². The third kappa shape index (κ3) is 64.1. The standard InChI is InChI=1S/C73H142O17P2/c1-9-65(7)51-43-35-26-20-15-17-22-28-37-45-53-70(75)83-59-68(89-72(77)55-47-39-29-23-14-12-11-13-19-25-33-41-49-63(3)4)61-87-91(79,80)85-57-67(74)58-86-92(81,82)88-62-69(60-84-71(76)54-46-38-32-31-34-42-50-64(5)6)90-73(78)56-48-40-30-24-18-16-21-27-36-44-52-66(8)10-2/h63-69,74H,9-62H2,1-8H3,(H,79,80)(H,81,82)/t65?,66?,67-,68-,69-/m1/s1. The van der Waals surface area contributed by atoms with Crippen LogP contribution in [0.4, 0.5) is 0 Å². The van der Waals surface area contributed by atoms with E-state index in [4.69, 9.17) is 37.0 Å². The molecule has 4 unspecified atom stereocenters. The highest BCUT2D eigenvalue weighted by atomic mass is 31.2. The Balaban J connectivity index is 5.26. The molecule has 0 aromatic heterocycles. The summed E-state index contributed by atoms with van der Waals surface area (Å²) in [6, 6.07) is 0. The summed E-state index contributed by atoms with van der Waals surface area (Å²) in [4.78, 5) is 72.7. The van der Waals surface area contributed by atoms with Crippen LogP contribution in [0, 0.1) is 23.7 Å². The highest BCUT2D eigenvalue weighted by Gasteiger charge is 2.30. The number of aliphatic hydroxyl groups excluding tert-OH is 1. The lowest BCUT2D eigenvalue weighted by atomic mass is 9.99. The van der Waals surface area contributed by atoms with Crippen LogP contribution < -0.4 is 0 Å². The summed E-state index contributed by atoms with van der Waals surface area (Å²) in [5.41, 5.74) is 0. The molecule has 0 aliphatic carbocycles. The average molecular weight is 1350 g/mol. The third-order valence-corrected chi connectivity index (χ3v) is 19.4. The number of unbranched alkanes of at least 4 members (excludes halogenated alkanes) is 34. The molecule has 546 valence electrons. The smallest absolute Gasteiger partial charge is 0.462 e. The molecule has 17 nitrogen and oxygen atoms in total. The monoisotopic (exact) mass is 1350 g/mol. The second-order valence-corrected chi connectivity index (χ2v) is 30.7. The van der Waals surface area contributed by atoms with Crippen LogP contribution in [0.25, 0.3) is 0 Å². The Morgan fingerprint density at radius 1 is 0.304 bits per heavy atom. The Kier molecular flexibility index (Phi) is 61.3. The molecular formula is C73H142O17P2. The van der Waals surface area contributed by atoms with Crippen molar-refractivity contribution in [2.45, 2.75) is 382 Å². The SMILES string of the molecule is CCC(C)CCCCCCCCCCCCC(=O)OC[C@H](COP(=O)(O)OC[C@@H](O)COP(=O)(O)OC[C@@H](COC(=O)CCCCCCCCC(C)C)OC(=O)CCCCCCCCCCCCC(C)CC)OC(=O)CCCCCCCCCCCCCCC(C)C. The molecule has 0 saturated heterocycles. The summed E-state index contributed by atoms with van der Waals surface area (Å²) in [5, 5.41) is 10.6. The number of carbonyl (C=O) groups is 4. The molecule has 19 heteroatoms. The van der Waals surface area contributed by atoms with Gasteiger partial charge in [0.15, 0.2) is 12.2 Å². The fourth-order valence-electron chi connectivity index (χ4n) is 11.0. The first-order chi connectivity index (χ1) is 44.2. The van der Waals surface area contributed by atoms with Gasteiger partial charge < -0.3 is 33.8 Å². The molecule has 0 fully saturated rings. The summed E-state index contributed by atoms with van der Waals surface area (Å²) in [6.45, 7) is 14.2. The Hall–Kier alpha value is -1.94. The van der Waals surface area contributed by atoms with E-state index in [1.807, 2.05) is 0 Å². The molecule has 0 rings (SSSR count). The summed E-state index contributed by atoms with van der Waals surface area (Å²) in [5.74, 6) is 0.942. The van der Waals surface area contributed by atoms with Crippen molar-refractivity contribution in [1.82, 2.24) is 0 Å². The molecule has 0 heterocycles. The molecule has 92 heavy (non-hydrogen) atoms. The van der Waals surface area contributed by atoms with E-state index >= 15 is 0 Å². The number of phosphoric ester groups is 2. The first-order valence-electron chi connectivity index (χ1n) is 37.8. The number of carbonyl (C=O) groups excluding carboxylic acids is 4. The Bertz CT molecular complexity index is 1820. The molecule has 0 aliphatic rings. The number of aliphatic hydroxyl groups is 1. The van der Waals surface area contributed by atoms with Gasteiger partial charge in [0, 0.05) is 25.7 Å². The quantitative estimate of drug-likeness (QED) is 0.0222. The van der Waals surface area contributed by atoms with Crippen molar-refractivity contribution >= 4 is 39.5 Å². The number of ether oxygens (including phenoxy) is 4. The predicted octanol–water partition coefficient (Wildman–Crippen LogP) is 20.9. The Labute approximate surface area is 562 Å². The van der Waals surface area contributed by atoms with Crippen LogP contribution in [0.1, 0.15) is 364 Å². The van der Waals surface area contributed by atoms with E-state index < -0.39 is 97.5 Å². The van der Waals surface area contributed by atoms with Crippen molar-refractivity contribution < 1.29 is 80.2 Å². The molecule has 0 radical (unpaired) electrons. The van der Waals surface area contributed by atoms with Gasteiger partial charge in [0.2, 0.25) is 0 Å². The van der Waals surface area contributed by atoms with Gasteiger partial charge in [0.1, 0.15) is 19.3 Å². The maximum atomic E-state index is 13.1. The van der Waals surface area contributed by atoms with Crippen molar-refractivity contribution in [1.29, 1.82) is 0 Å². The van der Waals surface area contributed by atoms with Gasteiger partial charge in [0.25, 0.3) is 0 Å². The van der Waals surface area contributed by atoms with E-state index in [0.29, 0.717) is 31.6 Å². The minimum Gasteiger partial charge on any atom is -0.462 e. The molecule has 0 aromatic carbocycles. The first kappa shape index (κ1) is 90.1. The average Bonchev–Trinajstić information content (AvgIpc) is 2.39. The van der Waals surface area contributed by atoms with E-state index in [1.54, 1.807) is 0 Å². The maximum Gasteiger partial charge on any atom is 0.472 e. The molecule has 7 atom stereocenters. The molecule has 0 saturated carbocycles. The van der Waals surface area contributed by atoms with Gasteiger partial charge in [-0.1, -0.05) is 312 Å². The number of phosphoric acid groups is 2. The van der Waals surface area contributed by atoms with Crippen molar-refractivity contribution in [3.8, 4) is 0 Å².